The maximum Gasteiger partial charge on any atom is 0.153 e. The summed E-state index contributed by atoms with van der Waals surface area (Å²) in [5.41, 5.74) is -0.340. The predicted molar refractivity (Wildman–Crippen MR) is 65.3 cm³/mol. The lowest BCUT2D eigenvalue weighted by atomic mass is 9.62. The van der Waals surface area contributed by atoms with E-state index in [1.54, 1.807) is 0 Å². The Kier molecular flexibility index (Phi) is 2.48. The van der Waals surface area contributed by atoms with Crippen LogP contribution in [0, 0.1) is 16.7 Å². The van der Waals surface area contributed by atoms with Crippen molar-refractivity contribution in [2.24, 2.45) is 16.7 Å². The van der Waals surface area contributed by atoms with E-state index in [0.717, 1.165) is 6.42 Å². The third-order valence-electron chi connectivity index (χ3n) is 4.44. The van der Waals surface area contributed by atoms with Gasteiger partial charge in [-0.2, -0.15) is 0 Å². The highest BCUT2D eigenvalue weighted by Gasteiger charge is 2.70. The van der Waals surface area contributed by atoms with Crippen LogP contribution >= 0.6 is 31.9 Å². The van der Waals surface area contributed by atoms with Gasteiger partial charge in [0.1, 0.15) is 0 Å². The molecule has 1 nitrogen and oxygen atoms in total. The van der Waals surface area contributed by atoms with Gasteiger partial charge in [0.25, 0.3) is 0 Å². The first-order chi connectivity index (χ1) is 6.39. The van der Waals surface area contributed by atoms with Gasteiger partial charge in [-0.15, -0.1) is 0 Å². The van der Waals surface area contributed by atoms with Gasteiger partial charge >= 0.3 is 0 Å². The van der Waals surface area contributed by atoms with Crippen LogP contribution < -0.4 is 0 Å². The van der Waals surface area contributed by atoms with E-state index < -0.39 is 0 Å². The van der Waals surface area contributed by atoms with Crippen molar-refractivity contribution in [3.63, 3.8) is 0 Å². The molecule has 4 atom stereocenters. The number of rotatable bonds is 1. The average molecular weight is 320 g/mol. The summed E-state index contributed by atoms with van der Waals surface area (Å²) in [6.07, 6.45) is 1.50. The summed E-state index contributed by atoms with van der Waals surface area (Å²) in [5.74, 6) is 0.714. The summed E-state index contributed by atoms with van der Waals surface area (Å²) in [7, 11) is 5.85. The minimum absolute atomic E-state index is 0.00912. The van der Waals surface area contributed by atoms with Gasteiger partial charge in [0.15, 0.2) is 5.78 Å². The molecule has 0 spiro atoms. The van der Waals surface area contributed by atoms with Crippen molar-refractivity contribution in [2.45, 2.75) is 36.2 Å². The molecule has 0 aromatic carbocycles. The van der Waals surface area contributed by atoms with Crippen LogP contribution in [0.1, 0.15) is 20.3 Å². The normalized spacial score (nSPS) is 50.0. The third-order valence-corrected chi connectivity index (χ3v) is 6.65. The highest BCUT2D eigenvalue weighted by Crippen LogP contribution is 2.68. The molecule has 0 heterocycles. The second-order valence-electron chi connectivity index (χ2n) is 4.97. The Hall–Kier alpha value is 0.695. The smallest absolute Gasteiger partial charge is 0.153 e. The average Bonchev–Trinajstić information content (AvgIpc) is 2.38. The quantitative estimate of drug-likeness (QED) is 0.536. The van der Waals surface area contributed by atoms with Gasteiger partial charge in [-0.1, -0.05) is 52.0 Å². The first kappa shape index (κ1) is 11.2. The van der Waals surface area contributed by atoms with E-state index in [1.165, 1.54) is 0 Å². The summed E-state index contributed by atoms with van der Waals surface area (Å²) in [5, 5.41) is 0. The van der Waals surface area contributed by atoms with E-state index in [9.17, 15) is 4.79 Å². The highest BCUT2D eigenvalue weighted by atomic mass is 79.9. The fourth-order valence-electron chi connectivity index (χ4n) is 3.33. The monoisotopic (exact) mass is 318 g/mol. The minimum Gasteiger partial charge on any atom is -0.298 e. The Bertz CT molecular complexity index is 292. The molecule has 0 aromatic heterocycles. The zero-order valence-electron chi connectivity index (χ0n) is 8.39. The second-order valence-corrected chi connectivity index (χ2v) is 7.06. The van der Waals surface area contributed by atoms with E-state index in [2.05, 4.69) is 45.7 Å². The van der Waals surface area contributed by atoms with Gasteiger partial charge in [-0.3, -0.25) is 4.79 Å². The van der Waals surface area contributed by atoms with Crippen molar-refractivity contribution in [2.75, 3.05) is 0 Å². The molecule has 0 saturated heterocycles. The molecule has 2 fully saturated rings. The van der Waals surface area contributed by atoms with Crippen molar-refractivity contribution in [3.05, 3.63) is 0 Å². The number of hydrogen-bond donors (Lipinski definition) is 0. The van der Waals surface area contributed by atoms with Gasteiger partial charge < -0.3 is 0 Å². The molecular weight excluding hydrogens is 307 g/mol. The van der Waals surface area contributed by atoms with E-state index in [-0.39, 0.29) is 20.5 Å². The Labute approximate surface area is 103 Å². The molecule has 0 aliphatic heterocycles. The van der Waals surface area contributed by atoms with Crippen molar-refractivity contribution >= 4 is 45.5 Å². The zero-order valence-corrected chi connectivity index (χ0v) is 11.6. The molecule has 2 rings (SSSR count). The van der Waals surface area contributed by atoms with Gasteiger partial charge in [0.2, 0.25) is 0 Å². The Morgan fingerprint density at radius 3 is 2.43 bits per heavy atom. The fraction of sp³-hybridized carbons (Fsp3) is 0.900. The summed E-state index contributed by atoms with van der Waals surface area (Å²) in [4.78, 5) is 12.4. The Balaban J connectivity index is 2.55. The molecule has 0 N–H and O–H groups in total. The highest BCUT2D eigenvalue weighted by molar-refractivity contribution is 9.10. The number of fused-ring (bicyclic) bond motifs is 2. The first-order valence-corrected chi connectivity index (χ1v) is 6.75. The molecule has 2 saturated carbocycles. The zero-order chi connectivity index (χ0) is 10.7. The van der Waals surface area contributed by atoms with Crippen molar-refractivity contribution in [1.82, 2.24) is 0 Å². The number of ketones is 1. The van der Waals surface area contributed by atoms with Crippen LogP contribution in [0.5, 0.6) is 0 Å². The molecule has 0 amide bonds. The van der Waals surface area contributed by atoms with Gasteiger partial charge in [-0.25, -0.2) is 0 Å². The van der Waals surface area contributed by atoms with Crippen molar-refractivity contribution in [3.8, 4) is 0 Å². The summed E-state index contributed by atoms with van der Waals surface area (Å²) < 4.78 is 0. The molecule has 2 radical (unpaired) electrons. The van der Waals surface area contributed by atoms with Gasteiger partial charge in [-0.05, 0) is 17.8 Å². The van der Waals surface area contributed by atoms with Crippen molar-refractivity contribution in [1.29, 1.82) is 0 Å². The molecule has 76 valence electrons. The number of Topliss-reactive ketones (excluding diaryl/α,β-unsaturated/α-hetero) is 1. The molecule has 2 aliphatic rings. The summed E-state index contributed by atoms with van der Waals surface area (Å²) in [6.45, 7) is 4.34. The van der Waals surface area contributed by atoms with Crippen LogP contribution in [-0.2, 0) is 4.79 Å². The fourth-order valence-corrected chi connectivity index (χ4v) is 6.02. The molecule has 4 unspecified atom stereocenters. The van der Waals surface area contributed by atoms with Crippen LogP contribution in [0.2, 0.25) is 6.32 Å². The SMILES string of the molecule is [B]CC12C(=O)C(Br)C(CC1Br)C2(C)C. The van der Waals surface area contributed by atoms with E-state index in [4.69, 9.17) is 7.85 Å². The topological polar surface area (TPSA) is 17.1 Å². The molecule has 14 heavy (non-hydrogen) atoms. The van der Waals surface area contributed by atoms with E-state index in [0.29, 0.717) is 18.0 Å². The summed E-state index contributed by atoms with van der Waals surface area (Å²) >= 11 is 7.15. The van der Waals surface area contributed by atoms with Crippen LogP contribution in [0.15, 0.2) is 0 Å². The predicted octanol–water partition coefficient (Wildman–Crippen LogP) is 2.72. The molecule has 2 aliphatic carbocycles. The molecule has 2 bridgehead atoms. The lowest BCUT2D eigenvalue weighted by molar-refractivity contribution is -0.127. The van der Waals surface area contributed by atoms with Gasteiger partial charge in [0, 0.05) is 10.2 Å². The minimum atomic E-state index is -0.355. The standard InChI is InChI=1S/C10H13BBr2O/c1-9(2)5-3-6(12)10(9,4-11)8(14)7(5)13/h5-7H,3-4H2,1-2H3. The number of hydrogen-bond acceptors (Lipinski definition) is 1. The van der Waals surface area contributed by atoms with E-state index in [1.807, 2.05) is 0 Å². The largest absolute Gasteiger partial charge is 0.298 e. The van der Waals surface area contributed by atoms with Crippen LogP contribution in [0.3, 0.4) is 0 Å². The third kappa shape index (κ3) is 0.953. The van der Waals surface area contributed by atoms with E-state index >= 15 is 0 Å². The second kappa shape index (κ2) is 3.10. The Morgan fingerprint density at radius 1 is 1.50 bits per heavy atom. The maximum atomic E-state index is 12.2. The van der Waals surface area contributed by atoms with Crippen LogP contribution in [-0.4, -0.2) is 23.3 Å². The van der Waals surface area contributed by atoms with Crippen LogP contribution in [0.4, 0.5) is 0 Å². The van der Waals surface area contributed by atoms with Crippen molar-refractivity contribution < 1.29 is 4.79 Å². The molecule has 4 heteroatoms. The number of alkyl halides is 2. The Morgan fingerprint density at radius 2 is 2.07 bits per heavy atom. The number of halogens is 2. The number of carbonyl (C=O) groups is 1. The first-order valence-electron chi connectivity index (χ1n) is 4.92. The lowest BCUT2D eigenvalue weighted by Gasteiger charge is -2.38. The lowest BCUT2D eigenvalue weighted by Crippen LogP contribution is -2.43. The van der Waals surface area contributed by atoms with Crippen LogP contribution in [0.25, 0.3) is 0 Å². The molecular formula is C10H13BBr2O. The molecule has 0 aromatic rings. The summed E-state index contributed by atoms with van der Waals surface area (Å²) in [6, 6.07) is 0. The van der Waals surface area contributed by atoms with Gasteiger partial charge in [0.05, 0.1) is 12.7 Å². The number of carbonyl (C=O) groups excluding carboxylic acids is 1. The maximum absolute atomic E-state index is 12.2.